The maximum Gasteiger partial charge on any atom is 0.180 e. The summed E-state index contributed by atoms with van der Waals surface area (Å²) in [4.78, 5) is 13.3. The zero-order valence-electron chi connectivity index (χ0n) is 14.2. The number of halogens is 1. The molecule has 0 amide bonds. The van der Waals surface area contributed by atoms with Crippen LogP contribution in [0, 0.1) is 6.92 Å². The van der Waals surface area contributed by atoms with Gasteiger partial charge in [-0.05, 0) is 19.1 Å². The van der Waals surface area contributed by atoms with Crippen LogP contribution in [0.25, 0.3) is 11.5 Å². The van der Waals surface area contributed by atoms with Gasteiger partial charge in [0.15, 0.2) is 5.82 Å². The fourth-order valence-electron chi connectivity index (χ4n) is 2.27. The molecule has 0 radical (unpaired) electrons. The highest BCUT2D eigenvalue weighted by Crippen LogP contribution is 2.28. The number of benzene rings is 1. The van der Waals surface area contributed by atoms with Crippen molar-refractivity contribution >= 4 is 23.9 Å². The number of nitrogens with zero attached hydrogens (tertiary/aromatic N) is 3. The van der Waals surface area contributed by atoms with Gasteiger partial charge < -0.3 is 14.8 Å². The minimum atomic E-state index is 0. The Morgan fingerprint density at radius 3 is 2.24 bits per heavy atom. The second-order valence-corrected chi connectivity index (χ2v) is 5.16. The number of rotatable bonds is 5. The third-order valence-corrected chi connectivity index (χ3v) is 3.37. The first-order valence-electron chi connectivity index (χ1n) is 7.45. The molecule has 0 fully saturated rings. The fourth-order valence-corrected chi connectivity index (χ4v) is 2.27. The largest absolute Gasteiger partial charge is 0.497 e. The van der Waals surface area contributed by atoms with E-state index >= 15 is 0 Å². The van der Waals surface area contributed by atoms with Gasteiger partial charge in [-0.2, -0.15) is 0 Å². The molecule has 130 valence electrons. The Labute approximate surface area is 152 Å². The summed E-state index contributed by atoms with van der Waals surface area (Å²) in [5.41, 5.74) is 2.40. The standard InChI is InChI=1S/C18H18N4O2.ClH/c1-12-8-17(22-18(20-12)16-6-4-5-7-19-16)21-13-9-14(23-2)11-15(10-13)24-3;/h4-11H,1-3H3,(H,20,21,22);1H. The summed E-state index contributed by atoms with van der Waals surface area (Å²) in [6.07, 6.45) is 1.72. The molecule has 0 aliphatic carbocycles. The lowest BCUT2D eigenvalue weighted by atomic mass is 10.2. The number of aryl methyl sites for hydroxylation is 1. The van der Waals surface area contributed by atoms with E-state index in [0.717, 1.165) is 17.1 Å². The number of anilines is 2. The Kier molecular flexibility index (Phi) is 6.14. The van der Waals surface area contributed by atoms with Gasteiger partial charge in [0.2, 0.25) is 0 Å². The summed E-state index contributed by atoms with van der Waals surface area (Å²) in [5.74, 6) is 2.66. The molecule has 25 heavy (non-hydrogen) atoms. The fraction of sp³-hybridized carbons (Fsp3) is 0.167. The van der Waals surface area contributed by atoms with Gasteiger partial charge in [-0.15, -0.1) is 12.4 Å². The quantitative estimate of drug-likeness (QED) is 0.742. The van der Waals surface area contributed by atoms with Gasteiger partial charge >= 0.3 is 0 Å². The first kappa shape index (κ1) is 18.5. The minimum absolute atomic E-state index is 0. The van der Waals surface area contributed by atoms with E-state index in [1.54, 1.807) is 20.4 Å². The maximum absolute atomic E-state index is 5.29. The molecule has 2 heterocycles. The predicted octanol–water partition coefficient (Wildman–Crippen LogP) is 4.03. The van der Waals surface area contributed by atoms with Crippen molar-refractivity contribution in [2.75, 3.05) is 19.5 Å². The van der Waals surface area contributed by atoms with Crippen LogP contribution in [0.1, 0.15) is 5.69 Å². The van der Waals surface area contributed by atoms with E-state index in [9.17, 15) is 0 Å². The van der Waals surface area contributed by atoms with Crippen LogP contribution in [-0.2, 0) is 0 Å². The minimum Gasteiger partial charge on any atom is -0.497 e. The summed E-state index contributed by atoms with van der Waals surface area (Å²) in [5, 5.41) is 3.27. The average molecular weight is 359 g/mol. The van der Waals surface area contributed by atoms with Crippen molar-refractivity contribution in [2.45, 2.75) is 6.92 Å². The Balaban J connectivity index is 0.00000225. The molecule has 0 bridgehead atoms. The zero-order chi connectivity index (χ0) is 16.9. The smallest absolute Gasteiger partial charge is 0.180 e. The summed E-state index contributed by atoms with van der Waals surface area (Å²) in [6, 6.07) is 13.1. The van der Waals surface area contributed by atoms with Crippen molar-refractivity contribution in [1.82, 2.24) is 15.0 Å². The summed E-state index contributed by atoms with van der Waals surface area (Å²) >= 11 is 0. The lowest BCUT2D eigenvalue weighted by molar-refractivity contribution is 0.395. The molecule has 0 saturated carbocycles. The first-order valence-corrected chi connectivity index (χ1v) is 7.45. The highest BCUT2D eigenvalue weighted by Gasteiger charge is 2.08. The van der Waals surface area contributed by atoms with Crippen molar-refractivity contribution in [3.8, 4) is 23.0 Å². The highest BCUT2D eigenvalue weighted by atomic mass is 35.5. The Morgan fingerprint density at radius 1 is 0.920 bits per heavy atom. The normalized spacial score (nSPS) is 9.88. The lowest BCUT2D eigenvalue weighted by Gasteiger charge is -2.11. The van der Waals surface area contributed by atoms with Crippen molar-refractivity contribution in [2.24, 2.45) is 0 Å². The van der Waals surface area contributed by atoms with Crippen molar-refractivity contribution in [1.29, 1.82) is 0 Å². The molecule has 7 heteroatoms. The van der Waals surface area contributed by atoms with Gasteiger partial charge in [0.1, 0.15) is 23.0 Å². The predicted molar refractivity (Wildman–Crippen MR) is 100 cm³/mol. The van der Waals surface area contributed by atoms with Crippen LogP contribution in [-0.4, -0.2) is 29.2 Å². The number of hydrogen-bond donors (Lipinski definition) is 1. The van der Waals surface area contributed by atoms with Gasteiger partial charge in [0, 0.05) is 41.8 Å². The van der Waals surface area contributed by atoms with Crippen LogP contribution in [0.2, 0.25) is 0 Å². The van der Waals surface area contributed by atoms with Crippen LogP contribution < -0.4 is 14.8 Å². The van der Waals surface area contributed by atoms with Crippen LogP contribution in [0.4, 0.5) is 11.5 Å². The number of aromatic nitrogens is 3. The summed E-state index contributed by atoms with van der Waals surface area (Å²) in [7, 11) is 3.24. The Morgan fingerprint density at radius 2 is 1.64 bits per heavy atom. The van der Waals surface area contributed by atoms with E-state index in [0.29, 0.717) is 23.1 Å². The number of pyridine rings is 1. The molecule has 6 nitrogen and oxygen atoms in total. The van der Waals surface area contributed by atoms with Gasteiger partial charge in [0.25, 0.3) is 0 Å². The van der Waals surface area contributed by atoms with Crippen molar-refractivity contribution in [3.63, 3.8) is 0 Å². The van der Waals surface area contributed by atoms with E-state index in [-0.39, 0.29) is 12.4 Å². The molecule has 0 spiro atoms. The van der Waals surface area contributed by atoms with E-state index in [4.69, 9.17) is 9.47 Å². The molecule has 3 aromatic rings. The summed E-state index contributed by atoms with van der Waals surface area (Å²) < 4.78 is 10.6. The van der Waals surface area contributed by atoms with Gasteiger partial charge in [0.05, 0.1) is 14.2 Å². The molecule has 0 unspecified atom stereocenters. The molecular weight excluding hydrogens is 340 g/mol. The molecule has 3 rings (SSSR count). The topological polar surface area (TPSA) is 69.2 Å². The molecule has 2 aromatic heterocycles. The molecule has 0 saturated heterocycles. The zero-order valence-corrected chi connectivity index (χ0v) is 15.0. The second-order valence-electron chi connectivity index (χ2n) is 5.16. The van der Waals surface area contributed by atoms with E-state index < -0.39 is 0 Å². The van der Waals surface area contributed by atoms with Gasteiger partial charge in [-0.1, -0.05) is 6.07 Å². The average Bonchev–Trinajstić information content (AvgIpc) is 2.61. The van der Waals surface area contributed by atoms with Gasteiger partial charge in [-0.3, -0.25) is 4.98 Å². The van der Waals surface area contributed by atoms with Crippen LogP contribution in [0.3, 0.4) is 0 Å². The maximum atomic E-state index is 5.29. The molecule has 1 aromatic carbocycles. The van der Waals surface area contributed by atoms with Crippen LogP contribution in [0.15, 0.2) is 48.7 Å². The Bertz CT molecular complexity index is 821. The lowest BCUT2D eigenvalue weighted by Crippen LogP contribution is -2.00. The highest BCUT2D eigenvalue weighted by molar-refractivity contribution is 5.85. The third-order valence-electron chi connectivity index (χ3n) is 3.37. The molecule has 0 aliphatic rings. The van der Waals surface area contributed by atoms with Crippen LogP contribution in [0.5, 0.6) is 11.5 Å². The molecule has 0 atom stereocenters. The third kappa shape index (κ3) is 4.58. The van der Waals surface area contributed by atoms with E-state index in [1.807, 2.05) is 49.4 Å². The van der Waals surface area contributed by atoms with Crippen molar-refractivity contribution < 1.29 is 9.47 Å². The monoisotopic (exact) mass is 358 g/mol. The first-order chi connectivity index (χ1) is 11.7. The molecule has 1 N–H and O–H groups in total. The number of methoxy groups -OCH3 is 2. The van der Waals surface area contributed by atoms with Crippen LogP contribution >= 0.6 is 12.4 Å². The number of hydrogen-bond acceptors (Lipinski definition) is 6. The van der Waals surface area contributed by atoms with Crippen molar-refractivity contribution in [3.05, 3.63) is 54.4 Å². The Hall–Kier alpha value is -2.86. The number of ether oxygens (including phenoxy) is 2. The second kappa shape index (κ2) is 8.30. The van der Waals surface area contributed by atoms with Gasteiger partial charge in [-0.25, -0.2) is 9.97 Å². The number of nitrogens with one attached hydrogen (secondary N) is 1. The summed E-state index contributed by atoms with van der Waals surface area (Å²) in [6.45, 7) is 1.92. The van der Waals surface area contributed by atoms with E-state index in [2.05, 4.69) is 20.3 Å². The molecule has 0 aliphatic heterocycles. The van der Waals surface area contributed by atoms with E-state index in [1.165, 1.54) is 0 Å². The molecular formula is C18H19ClN4O2. The SMILES string of the molecule is COc1cc(Nc2cc(C)nc(-c3ccccn3)n2)cc(OC)c1.Cl.